The molecule has 2 aromatic carbocycles. The number of hydrogen-bond donors (Lipinski definition) is 2. The SMILES string of the molecule is CCOC(=O)c1ccc(N2C(c3ccc(Br)cc3)CC3(CCCCCC3)C2CCC(=O)O)cc1O. The van der Waals surface area contributed by atoms with Crippen LogP contribution in [-0.2, 0) is 9.53 Å². The maximum Gasteiger partial charge on any atom is 0.341 e. The van der Waals surface area contributed by atoms with E-state index in [1.54, 1.807) is 19.1 Å². The highest BCUT2D eigenvalue weighted by Crippen LogP contribution is 2.57. The predicted octanol–water partition coefficient (Wildman–Crippen LogP) is 6.86. The van der Waals surface area contributed by atoms with Crippen molar-refractivity contribution < 1.29 is 24.5 Å². The summed E-state index contributed by atoms with van der Waals surface area (Å²) in [6.45, 7) is 1.97. The second-order valence-electron chi connectivity index (χ2n) is 9.83. The number of benzene rings is 2. The smallest absolute Gasteiger partial charge is 0.341 e. The van der Waals surface area contributed by atoms with Gasteiger partial charge in [-0.15, -0.1) is 0 Å². The predicted molar refractivity (Wildman–Crippen MR) is 139 cm³/mol. The average molecular weight is 544 g/mol. The summed E-state index contributed by atoms with van der Waals surface area (Å²) in [7, 11) is 0. The third-order valence-electron chi connectivity index (χ3n) is 7.74. The van der Waals surface area contributed by atoms with Gasteiger partial charge in [0.05, 0.1) is 12.6 Å². The maximum absolute atomic E-state index is 12.3. The number of hydrogen-bond acceptors (Lipinski definition) is 5. The average Bonchev–Trinajstić information content (AvgIpc) is 2.95. The third-order valence-corrected chi connectivity index (χ3v) is 8.27. The van der Waals surface area contributed by atoms with Crippen LogP contribution in [-0.4, -0.2) is 34.8 Å². The number of rotatable bonds is 7. The molecule has 2 unspecified atom stereocenters. The molecule has 2 fully saturated rings. The van der Waals surface area contributed by atoms with Gasteiger partial charge < -0.3 is 19.8 Å². The molecule has 188 valence electrons. The van der Waals surface area contributed by atoms with Gasteiger partial charge in [-0.25, -0.2) is 4.79 Å². The number of aromatic hydroxyl groups is 1. The summed E-state index contributed by atoms with van der Waals surface area (Å²) in [4.78, 5) is 26.2. The Morgan fingerprint density at radius 1 is 1.09 bits per heavy atom. The zero-order valence-electron chi connectivity index (χ0n) is 20.2. The normalized spacial score (nSPS) is 21.6. The molecule has 1 aliphatic carbocycles. The highest BCUT2D eigenvalue weighted by Gasteiger charge is 2.52. The van der Waals surface area contributed by atoms with E-state index in [-0.39, 0.29) is 41.8 Å². The quantitative estimate of drug-likeness (QED) is 0.371. The molecule has 0 aromatic heterocycles. The lowest BCUT2D eigenvalue weighted by atomic mass is 9.71. The molecule has 1 spiro atoms. The van der Waals surface area contributed by atoms with Crippen molar-refractivity contribution in [1.29, 1.82) is 0 Å². The summed E-state index contributed by atoms with van der Waals surface area (Å²) in [6, 6.07) is 13.5. The number of halogens is 1. The van der Waals surface area contributed by atoms with Crippen LogP contribution in [0.3, 0.4) is 0 Å². The Hall–Kier alpha value is -2.54. The molecule has 2 atom stereocenters. The zero-order valence-corrected chi connectivity index (χ0v) is 21.8. The second kappa shape index (κ2) is 11.0. The number of esters is 1. The van der Waals surface area contributed by atoms with Gasteiger partial charge in [0.1, 0.15) is 11.3 Å². The monoisotopic (exact) mass is 543 g/mol. The van der Waals surface area contributed by atoms with Crippen molar-refractivity contribution in [1.82, 2.24) is 0 Å². The van der Waals surface area contributed by atoms with Crippen LogP contribution >= 0.6 is 15.9 Å². The molecule has 35 heavy (non-hydrogen) atoms. The fourth-order valence-electron chi connectivity index (χ4n) is 6.19. The van der Waals surface area contributed by atoms with Crippen molar-refractivity contribution in [3.8, 4) is 5.75 Å². The highest BCUT2D eigenvalue weighted by molar-refractivity contribution is 9.10. The first-order chi connectivity index (χ1) is 16.8. The van der Waals surface area contributed by atoms with Crippen LogP contribution in [0.1, 0.15) is 86.7 Å². The summed E-state index contributed by atoms with van der Waals surface area (Å²) in [5.41, 5.74) is 2.13. The molecular formula is C28H34BrNO5. The molecule has 0 bridgehead atoms. The Labute approximate surface area is 215 Å². The molecule has 1 saturated heterocycles. The highest BCUT2D eigenvalue weighted by atomic mass is 79.9. The number of phenols is 1. The van der Waals surface area contributed by atoms with Crippen LogP contribution in [0.2, 0.25) is 0 Å². The number of phenolic OH excluding ortho intramolecular Hbond substituents is 1. The van der Waals surface area contributed by atoms with Crippen molar-refractivity contribution in [2.24, 2.45) is 5.41 Å². The molecule has 1 aliphatic heterocycles. The van der Waals surface area contributed by atoms with Crippen LogP contribution in [0.4, 0.5) is 5.69 Å². The number of ether oxygens (including phenoxy) is 1. The number of aliphatic carboxylic acids is 1. The van der Waals surface area contributed by atoms with E-state index in [1.807, 2.05) is 18.2 Å². The second-order valence-corrected chi connectivity index (χ2v) is 10.7. The van der Waals surface area contributed by atoms with E-state index in [0.29, 0.717) is 6.42 Å². The van der Waals surface area contributed by atoms with E-state index in [9.17, 15) is 19.8 Å². The zero-order chi connectivity index (χ0) is 25.0. The molecular weight excluding hydrogens is 510 g/mol. The molecule has 2 aromatic rings. The Morgan fingerprint density at radius 2 is 1.77 bits per heavy atom. The Balaban J connectivity index is 1.80. The summed E-state index contributed by atoms with van der Waals surface area (Å²) in [5.74, 6) is -1.46. The first-order valence-electron chi connectivity index (χ1n) is 12.6. The number of carbonyl (C=O) groups excluding carboxylic acids is 1. The largest absolute Gasteiger partial charge is 0.507 e. The Bertz CT molecular complexity index is 1050. The van der Waals surface area contributed by atoms with Crippen molar-refractivity contribution in [2.75, 3.05) is 11.5 Å². The Morgan fingerprint density at radius 3 is 2.37 bits per heavy atom. The van der Waals surface area contributed by atoms with E-state index >= 15 is 0 Å². The standard InChI is InChI=1S/C28H34BrNO5/c1-2-35-27(34)22-12-11-21(17-24(22)31)30-23(19-7-9-20(29)10-8-19)18-28(15-5-3-4-6-16-28)25(30)13-14-26(32)33/h7-12,17,23,25,31H,2-6,13-16,18H2,1H3,(H,32,33). The lowest BCUT2D eigenvalue weighted by Gasteiger charge is -2.39. The van der Waals surface area contributed by atoms with Gasteiger partial charge in [-0.1, -0.05) is 53.7 Å². The van der Waals surface area contributed by atoms with Gasteiger partial charge in [0, 0.05) is 28.7 Å². The van der Waals surface area contributed by atoms with Gasteiger partial charge in [-0.2, -0.15) is 0 Å². The molecule has 6 nitrogen and oxygen atoms in total. The summed E-state index contributed by atoms with van der Waals surface area (Å²) >= 11 is 3.54. The van der Waals surface area contributed by atoms with Gasteiger partial charge in [0.15, 0.2) is 0 Å². The Kier molecular flexibility index (Phi) is 8.05. The van der Waals surface area contributed by atoms with Crippen molar-refractivity contribution in [2.45, 2.75) is 76.8 Å². The van der Waals surface area contributed by atoms with Crippen molar-refractivity contribution in [3.63, 3.8) is 0 Å². The van der Waals surface area contributed by atoms with Crippen molar-refractivity contribution in [3.05, 3.63) is 58.1 Å². The fourth-order valence-corrected chi connectivity index (χ4v) is 6.46. The summed E-state index contributed by atoms with van der Waals surface area (Å²) < 4.78 is 6.09. The van der Waals surface area contributed by atoms with Crippen LogP contribution in [0, 0.1) is 5.41 Å². The topological polar surface area (TPSA) is 87.1 Å². The number of nitrogens with zero attached hydrogens (tertiary/aromatic N) is 1. The first kappa shape index (κ1) is 25.5. The van der Waals surface area contributed by atoms with Crippen LogP contribution in [0.5, 0.6) is 5.75 Å². The van der Waals surface area contributed by atoms with E-state index in [0.717, 1.165) is 42.3 Å². The van der Waals surface area contributed by atoms with E-state index < -0.39 is 11.9 Å². The van der Waals surface area contributed by atoms with E-state index in [4.69, 9.17) is 4.74 Å². The van der Waals surface area contributed by atoms with Gasteiger partial charge in [-0.3, -0.25) is 4.79 Å². The summed E-state index contributed by atoms with van der Waals surface area (Å²) in [5, 5.41) is 20.3. The molecule has 0 amide bonds. The summed E-state index contributed by atoms with van der Waals surface area (Å²) in [6.07, 6.45) is 8.47. The number of carboxylic acid groups (broad SMARTS) is 1. The van der Waals surface area contributed by atoms with Crippen molar-refractivity contribution >= 4 is 33.6 Å². The maximum atomic E-state index is 12.3. The molecule has 7 heteroatoms. The first-order valence-corrected chi connectivity index (χ1v) is 13.4. The van der Waals surface area contributed by atoms with E-state index in [2.05, 4.69) is 33.0 Å². The number of anilines is 1. The fraction of sp³-hybridized carbons (Fsp3) is 0.500. The van der Waals surface area contributed by atoms with Gasteiger partial charge in [0.25, 0.3) is 0 Å². The molecule has 1 heterocycles. The minimum absolute atomic E-state index is 0.0130. The lowest BCUT2D eigenvalue weighted by molar-refractivity contribution is -0.137. The van der Waals surface area contributed by atoms with Gasteiger partial charge >= 0.3 is 11.9 Å². The van der Waals surface area contributed by atoms with E-state index in [1.165, 1.54) is 18.4 Å². The van der Waals surface area contributed by atoms with Gasteiger partial charge in [-0.05, 0) is 67.9 Å². The van der Waals surface area contributed by atoms with Crippen LogP contribution < -0.4 is 4.90 Å². The molecule has 4 rings (SSSR count). The number of carbonyl (C=O) groups is 2. The minimum Gasteiger partial charge on any atom is -0.507 e. The van der Waals surface area contributed by atoms with Gasteiger partial charge in [0.2, 0.25) is 0 Å². The van der Waals surface area contributed by atoms with Crippen LogP contribution in [0.25, 0.3) is 0 Å². The molecule has 1 saturated carbocycles. The number of carboxylic acids is 1. The molecule has 0 radical (unpaired) electrons. The molecule has 2 N–H and O–H groups in total. The van der Waals surface area contributed by atoms with Crippen LogP contribution in [0.15, 0.2) is 46.9 Å². The minimum atomic E-state index is -0.790. The lowest BCUT2D eigenvalue weighted by Crippen LogP contribution is -2.40. The third kappa shape index (κ3) is 5.50. The molecule has 2 aliphatic rings.